The molecule has 0 radical (unpaired) electrons. The molecule has 0 aliphatic carbocycles. The summed E-state index contributed by atoms with van der Waals surface area (Å²) in [4.78, 5) is 0. The van der Waals surface area contributed by atoms with Gasteiger partial charge in [0.1, 0.15) is 0 Å². The Bertz CT molecular complexity index is 814. The van der Waals surface area contributed by atoms with Gasteiger partial charge < -0.3 is 0 Å². The first-order valence-electron chi connectivity index (χ1n) is 10.2. The van der Waals surface area contributed by atoms with Crippen LogP contribution in [0.5, 0.6) is 5.75 Å². The minimum absolute atomic E-state index is 0.996. The number of benzene rings is 4. The van der Waals surface area contributed by atoms with Crippen molar-refractivity contribution in [2.45, 2.75) is 14.2 Å². The molecule has 0 bridgehead atoms. The molecular formula is C27H26OTi. The van der Waals surface area contributed by atoms with E-state index in [1.54, 1.807) is 0 Å². The molecule has 2 heteroatoms. The van der Waals surface area contributed by atoms with Crippen LogP contribution in [0.25, 0.3) is 0 Å². The molecule has 29 heavy (non-hydrogen) atoms. The fourth-order valence-electron chi connectivity index (χ4n) is 3.94. The quantitative estimate of drug-likeness (QED) is 0.290. The van der Waals surface area contributed by atoms with Gasteiger partial charge >= 0.3 is 178 Å². The second-order valence-electron chi connectivity index (χ2n) is 7.59. The van der Waals surface area contributed by atoms with E-state index in [1.165, 1.54) is 16.7 Å². The predicted octanol–water partition coefficient (Wildman–Crippen LogP) is 6.73. The van der Waals surface area contributed by atoms with Crippen molar-refractivity contribution in [2.24, 2.45) is 0 Å². The van der Waals surface area contributed by atoms with Gasteiger partial charge in [0.05, 0.1) is 0 Å². The van der Waals surface area contributed by atoms with Crippen LogP contribution < -0.4 is 3.32 Å². The summed E-state index contributed by atoms with van der Waals surface area (Å²) in [5, 5.41) is 0. The Kier molecular flexibility index (Phi) is 6.61. The molecule has 4 aromatic carbocycles. The second kappa shape index (κ2) is 9.74. The molecule has 0 unspecified atom stereocenters. The molecule has 144 valence electrons. The molecule has 0 saturated heterocycles. The van der Waals surface area contributed by atoms with E-state index >= 15 is 0 Å². The predicted molar refractivity (Wildman–Crippen MR) is 118 cm³/mol. The summed E-state index contributed by atoms with van der Waals surface area (Å²) in [6.45, 7) is 0. The van der Waals surface area contributed by atoms with E-state index in [2.05, 4.69) is 115 Å². The van der Waals surface area contributed by atoms with Crippen molar-refractivity contribution in [3.8, 4) is 5.75 Å². The van der Waals surface area contributed by atoms with E-state index in [9.17, 15) is 0 Å². The number of para-hydroxylation sites is 1. The third-order valence-electron chi connectivity index (χ3n) is 5.18. The van der Waals surface area contributed by atoms with E-state index in [0.717, 1.165) is 19.9 Å². The van der Waals surface area contributed by atoms with Crippen molar-refractivity contribution >= 4 is 0 Å². The first-order valence-corrected chi connectivity index (χ1v) is 14.1. The van der Waals surface area contributed by atoms with Crippen LogP contribution in [0.2, 0.25) is 0 Å². The maximum atomic E-state index is 7.00. The van der Waals surface area contributed by atoms with Crippen molar-refractivity contribution in [2.75, 3.05) is 0 Å². The van der Waals surface area contributed by atoms with Crippen LogP contribution >= 0.6 is 0 Å². The summed E-state index contributed by atoms with van der Waals surface area (Å²) in [5.74, 6) is 0.996. The van der Waals surface area contributed by atoms with Gasteiger partial charge in [-0.05, 0) is 0 Å². The van der Waals surface area contributed by atoms with E-state index in [0.29, 0.717) is 0 Å². The van der Waals surface area contributed by atoms with Gasteiger partial charge in [0.25, 0.3) is 0 Å². The third kappa shape index (κ3) is 5.70. The molecule has 0 aromatic heterocycles. The van der Waals surface area contributed by atoms with Crippen LogP contribution in [0, 0.1) is 0 Å². The molecule has 0 saturated carbocycles. The Labute approximate surface area is 177 Å². The first kappa shape index (κ1) is 19.7. The third-order valence-corrected chi connectivity index (χ3v) is 11.2. The first-order chi connectivity index (χ1) is 14.3. The SMILES string of the molecule is c1ccc([CH2][Ti]([CH2]c2ccccc2)([CH2]c2ccccc2)[O]c2ccccc2)cc1. The average molecular weight is 414 g/mol. The van der Waals surface area contributed by atoms with Crippen LogP contribution in [0.3, 0.4) is 0 Å². The van der Waals surface area contributed by atoms with Gasteiger partial charge in [0.2, 0.25) is 0 Å². The molecule has 0 aliphatic heterocycles. The molecule has 0 aliphatic rings. The van der Waals surface area contributed by atoms with Crippen molar-refractivity contribution < 1.29 is 20.3 Å². The zero-order valence-corrected chi connectivity index (χ0v) is 18.1. The van der Waals surface area contributed by atoms with Crippen molar-refractivity contribution in [1.29, 1.82) is 0 Å². The zero-order valence-electron chi connectivity index (χ0n) is 16.6. The summed E-state index contributed by atoms with van der Waals surface area (Å²) in [7, 11) is 0. The van der Waals surface area contributed by atoms with Crippen LogP contribution in [0.1, 0.15) is 16.7 Å². The van der Waals surface area contributed by atoms with Crippen LogP contribution in [0.15, 0.2) is 121 Å². The second-order valence-corrected chi connectivity index (χ2v) is 13.3. The van der Waals surface area contributed by atoms with Crippen LogP contribution in [-0.4, -0.2) is 0 Å². The Morgan fingerprint density at radius 2 is 0.724 bits per heavy atom. The molecule has 0 amide bonds. The van der Waals surface area contributed by atoms with Gasteiger partial charge in [0.15, 0.2) is 0 Å². The molecule has 1 nitrogen and oxygen atoms in total. The van der Waals surface area contributed by atoms with Crippen molar-refractivity contribution in [3.05, 3.63) is 138 Å². The van der Waals surface area contributed by atoms with Gasteiger partial charge in [-0.1, -0.05) is 0 Å². The minimum atomic E-state index is -2.92. The van der Waals surface area contributed by atoms with E-state index < -0.39 is 17.0 Å². The van der Waals surface area contributed by atoms with Gasteiger partial charge in [-0.25, -0.2) is 0 Å². The van der Waals surface area contributed by atoms with E-state index in [4.69, 9.17) is 3.32 Å². The number of hydrogen-bond acceptors (Lipinski definition) is 1. The van der Waals surface area contributed by atoms with Gasteiger partial charge in [-0.15, -0.1) is 0 Å². The fourth-order valence-corrected chi connectivity index (χ4v) is 10.4. The Balaban J connectivity index is 1.75. The molecule has 4 rings (SSSR count). The molecular weight excluding hydrogens is 388 g/mol. The molecule has 0 atom stereocenters. The summed E-state index contributed by atoms with van der Waals surface area (Å²) in [6, 6.07) is 42.9. The monoisotopic (exact) mass is 414 g/mol. The van der Waals surface area contributed by atoms with Crippen LogP contribution in [0.4, 0.5) is 0 Å². The Morgan fingerprint density at radius 3 is 1.07 bits per heavy atom. The molecule has 0 heterocycles. The molecule has 0 N–H and O–H groups in total. The van der Waals surface area contributed by atoms with E-state index in [-0.39, 0.29) is 0 Å². The zero-order chi connectivity index (χ0) is 19.8. The molecule has 4 aromatic rings. The summed E-state index contributed by atoms with van der Waals surface area (Å²) in [5.41, 5.74) is 4.11. The maximum absolute atomic E-state index is 7.00. The Hall–Kier alpha value is -2.61. The van der Waals surface area contributed by atoms with E-state index in [1.807, 2.05) is 6.07 Å². The topological polar surface area (TPSA) is 9.23 Å². The molecule has 0 fully saturated rings. The van der Waals surface area contributed by atoms with Gasteiger partial charge in [-0.3, -0.25) is 0 Å². The van der Waals surface area contributed by atoms with Gasteiger partial charge in [0, 0.05) is 0 Å². The van der Waals surface area contributed by atoms with Gasteiger partial charge in [-0.2, -0.15) is 0 Å². The summed E-state index contributed by atoms with van der Waals surface area (Å²) < 4.78 is 10.1. The number of hydrogen-bond donors (Lipinski definition) is 0. The standard InChI is InChI=1S/3C7H7.C6H6O.Ti/c3*1-7-5-3-2-4-6-7;7-6-4-2-1-3-5-6;/h3*2-6H,1H2;1-5,7H;/q;;;;+1/p-1. The average Bonchev–Trinajstić information content (AvgIpc) is 2.76. The van der Waals surface area contributed by atoms with Crippen LogP contribution in [-0.2, 0) is 31.2 Å². The Morgan fingerprint density at radius 1 is 0.414 bits per heavy atom. The van der Waals surface area contributed by atoms with Crippen molar-refractivity contribution in [1.82, 2.24) is 0 Å². The summed E-state index contributed by atoms with van der Waals surface area (Å²) in [6.07, 6.45) is 0. The number of rotatable bonds is 8. The normalized spacial score (nSPS) is 11.2. The molecule has 0 spiro atoms. The summed E-state index contributed by atoms with van der Waals surface area (Å²) >= 11 is -2.92. The fraction of sp³-hybridized carbons (Fsp3) is 0.111. The van der Waals surface area contributed by atoms with Crippen molar-refractivity contribution in [3.63, 3.8) is 0 Å².